The smallest absolute Gasteiger partial charge is 0.273 e. The van der Waals surface area contributed by atoms with Crippen LogP contribution in [0.5, 0.6) is 0 Å². The number of fused-ring (bicyclic) bond motifs is 1. The van der Waals surface area contributed by atoms with Crippen molar-refractivity contribution in [2.24, 2.45) is 11.5 Å². The van der Waals surface area contributed by atoms with Gasteiger partial charge in [-0.1, -0.05) is 65.7 Å². The van der Waals surface area contributed by atoms with Crippen LogP contribution in [0.2, 0.25) is 10.0 Å². The lowest BCUT2D eigenvalue weighted by Gasteiger charge is -2.31. The first kappa shape index (κ1) is 36.6. The molecule has 6 rings (SSSR count). The first-order chi connectivity index (χ1) is 24.4. The van der Waals surface area contributed by atoms with Gasteiger partial charge in [0.1, 0.15) is 5.69 Å². The van der Waals surface area contributed by atoms with E-state index in [1.54, 1.807) is 17.8 Å². The van der Waals surface area contributed by atoms with Crippen molar-refractivity contribution in [2.45, 2.75) is 57.5 Å². The normalized spacial score (nSPS) is 16.2. The van der Waals surface area contributed by atoms with E-state index in [1.165, 1.54) is 4.90 Å². The number of pyridine rings is 1. The van der Waals surface area contributed by atoms with Gasteiger partial charge in [0.25, 0.3) is 5.91 Å². The SMILES string of the molecule is Cc1nc(-c2cccc(-c3cccc(-c4ccc5nc(C(=O)N(C)CCN)cn5n4)c3Cl)c2Cl)ccc1CC(N)CCC[C@@H]1CCC(=N)[N+]1(C)C. The molecule has 2 aromatic carbocycles. The first-order valence-electron chi connectivity index (χ1n) is 17.4. The highest BCUT2D eigenvalue weighted by atomic mass is 35.5. The van der Waals surface area contributed by atoms with Gasteiger partial charge in [-0.25, -0.2) is 9.50 Å². The zero-order valence-corrected chi connectivity index (χ0v) is 31.2. The molecule has 5 N–H and O–H groups in total. The summed E-state index contributed by atoms with van der Waals surface area (Å²) in [5.41, 5.74) is 19.6. The Labute approximate surface area is 309 Å². The van der Waals surface area contributed by atoms with E-state index < -0.39 is 0 Å². The molecule has 5 aromatic rings. The maximum Gasteiger partial charge on any atom is 0.273 e. The lowest BCUT2D eigenvalue weighted by atomic mass is 9.96. The number of carbonyl (C=O) groups is 1. The minimum absolute atomic E-state index is 0.0470. The number of hydrogen-bond acceptors (Lipinski definition) is 7. The lowest BCUT2D eigenvalue weighted by molar-refractivity contribution is -0.821. The number of nitrogens with zero attached hydrogens (tertiary/aromatic N) is 6. The van der Waals surface area contributed by atoms with Gasteiger partial charge in [0.15, 0.2) is 11.5 Å². The number of hydrogen-bond donors (Lipinski definition) is 3. The lowest BCUT2D eigenvalue weighted by Crippen LogP contribution is -2.47. The van der Waals surface area contributed by atoms with Crippen LogP contribution in [-0.4, -0.2) is 87.0 Å². The molecule has 1 aliphatic rings. The fourth-order valence-corrected chi connectivity index (χ4v) is 7.70. The minimum Gasteiger partial charge on any atom is -0.339 e. The zero-order chi connectivity index (χ0) is 36.4. The Hall–Kier alpha value is -4.19. The van der Waals surface area contributed by atoms with Gasteiger partial charge in [-0.3, -0.25) is 19.7 Å². The molecule has 2 atom stereocenters. The van der Waals surface area contributed by atoms with Crippen molar-refractivity contribution in [2.75, 3.05) is 34.2 Å². The molecule has 1 unspecified atom stereocenters. The Balaban J connectivity index is 1.19. The number of imidazole rings is 1. The Kier molecular flexibility index (Phi) is 10.9. The van der Waals surface area contributed by atoms with Gasteiger partial charge < -0.3 is 16.4 Å². The van der Waals surface area contributed by atoms with Crippen molar-refractivity contribution in [3.8, 4) is 33.6 Å². The molecule has 0 spiro atoms. The van der Waals surface area contributed by atoms with Crippen molar-refractivity contribution >= 4 is 40.6 Å². The van der Waals surface area contributed by atoms with E-state index in [4.69, 9.17) is 50.2 Å². The number of amidine groups is 1. The summed E-state index contributed by atoms with van der Waals surface area (Å²) < 4.78 is 2.30. The summed E-state index contributed by atoms with van der Waals surface area (Å²) >= 11 is 14.2. The van der Waals surface area contributed by atoms with E-state index in [-0.39, 0.29) is 11.9 Å². The number of halogens is 2. The number of aryl methyl sites for hydroxylation is 1. The van der Waals surface area contributed by atoms with Gasteiger partial charge >= 0.3 is 0 Å². The Morgan fingerprint density at radius 3 is 2.27 bits per heavy atom. The van der Waals surface area contributed by atoms with Gasteiger partial charge in [-0.15, -0.1) is 0 Å². The van der Waals surface area contributed by atoms with Crippen LogP contribution < -0.4 is 11.5 Å². The summed E-state index contributed by atoms with van der Waals surface area (Å²) in [4.78, 5) is 23.7. The number of rotatable bonds is 12. The van der Waals surface area contributed by atoms with Crippen molar-refractivity contribution in [1.82, 2.24) is 24.5 Å². The molecular weight excluding hydrogens is 681 g/mol. The number of nitrogens with two attached hydrogens (primary N) is 2. The van der Waals surface area contributed by atoms with E-state index in [0.29, 0.717) is 50.7 Å². The van der Waals surface area contributed by atoms with Gasteiger partial charge in [0.2, 0.25) is 0 Å². The summed E-state index contributed by atoms with van der Waals surface area (Å²) in [6.07, 6.45) is 7.45. The molecule has 0 radical (unpaired) electrons. The third-order valence-corrected chi connectivity index (χ3v) is 11.1. The number of carbonyl (C=O) groups excluding carboxylic acids is 1. The molecular formula is C39H46Cl2N9O+. The summed E-state index contributed by atoms with van der Waals surface area (Å²) in [6, 6.07) is 20.0. The monoisotopic (exact) mass is 726 g/mol. The van der Waals surface area contributed by atoms with E-state index in [1.807, 2.05) is 61.5 Å². The zero-order valence-electron chi connectivity index (χ0n) is 29.7. The van der Waals surface area contributed by atoms with E-state index in [0.717, 1.165) is 83.6 Å². The van der Waals surface area contributed by atoms with Gasteiger partial charge in [-0.2, -0.15) is 5.10 Å². The molecule has 4 heterocycles. The third-order valence-electron chi connectivity index (χ3n) is 10.3. The number of quaternary nitrogens is 1. The molecule has 266 valence electrons. The average molecular weight is 728 g/mol. The quantitative estimate of drug-likeness (QED) is 0.118. The second kappa shape index (κ2) is 15.2. The number of benzene rings is 2. The van der Waals surface area contributed by atoms with Gasteiger partial charge in [0.05, 0.1) is 47.8 Å². The van der Waals surface area contributed by atoms with Gasteiger partial charge in [-0.05, 0) is 56.4 Å². The largest absolute Gasteiger partial charge is 0.339 e. The summed E-state index contributed by atoms with van der Waals surface area (Å²) in [7, 11) is 6.00. The highest BCUT2D eigenvalue weighted by Gasteiger charge is 2.39. The van der Waals surface area contributed by atoms with Crippen molar-refractivity contribution in [3.63, 3.8) is 0 Å². The maximum atomic E-state index is 12.8. The number of amides is 1. The van der Waals surface area contributed by atoms with Crippen LogP contribution in [0.1, 0.15) is 53.8 Å². The second-order valence-corrected chi connectivity index (χ2v) is 14.8. The highest BCUT2D eigenvalue weighted by molar-refractivity contribution is 6.39. The maximum absolute atomic E-state index is 12.8. The average Bonchev–Trinajstić information content (AvgIpc) is 3.64. The molecule has 1 saturated heterocycles. The van der Waals surface area contributed by atoms with Crippen LogP contribution in [0.3, 0.4) is 0 Å². The van der Waals surface area contributed by atoms with Crippen LogP contribution in [0.4, 0.5) is 0 Å². The molecule has 0 aliphatic carbocycles. The van der Waals surface area contributed by atoms with Crippen LogP contribution in [0.15, 0.2) is 66.9 Å². The third kappa shape index (κ3) is 7.56. The molecule has 1 amide bonds. The molecule has 0 bridgehead atoms. The fraction of sp³-hybridized carbons (Fsp3) is 0.359. The van der Waals surface area contributed by atoms with E-state index in [2.05, 4.69) is 25.1 Å². The van der Waals surface area contributed by atoms with Gasteiger partial charge in [0, 0.05) is 67.0 Å². The molecule has 51 heavy (non-hydrogen) atoms. The molecule has 3 aromatic heterocycles. The summed E-state index contributed by atoms with van der Waals surface area (Å²) in [5.74, 6) is 0.606. The molecule has 1 fully saturated rings. The molecule has 0 saturated carbocycles. The number of likely N-dealkylation sites (N-methyl/N-ethyl adjacent to an activating group) is 1. The predicted octanol–water partition coefficient (Wildman–Crippen LogP) is 7.03. The number of likely N-dealkylation sites (tertiary alicyclic amines) is 1. The molecule has 10 nitrogen and oxygen atoms in total. The Morgan fingerprint density at radius 1 is 1.00 bits per heavy atom. The topological polar surface area (TPSA) is 139 Å². The molecule has 1 aliphatic heterocycles. The van der Waals surface area contributed by atoms with Crippen molar-refractivity contribution in [3.05, 3.63) is 93.9 Å². The predicted molar refractivity (Wildman–Crippen MR) is 206 cm³/mol. The fourth-order valence-electron chi connectivity index (χ4n) is 7.05. The van der Waals surface area contributed by atoms with E-state index >= 15 is 0 Å². The number of aromatic nitrogens is 4. The van der Waals surface area contributed by atoms with Crippen LogP contribution >= 0.6 is 23.2 Å². The standard InChI is InChI=1S/C39H46Cl2N9O/c1-24-25(22-26(43)8-5-9-27-15-18-35(44)50(27,3)4)14-16-32(45-24)30-12-6-10-28(37(30)40)29-11-7-13-31(38(29)41)33-17-19-36-46-34(23-49(36)47-33)39(51)48(2)21-20-42/h6-7,10-14,16-17,19,23,26-27,44H,5,8-9,15,18,20-22,42-43H2,1-4H3/q+1/t26?,27-/m1/s1. The van der Waals surface area contributed by atoms with Crippen LogP contribution in [0.25, 0.3) is 39.3 Å². The highest BCUT2D eigenvalue weighted by Crippen LogP contribution is 2.42. The molecule has 12 heteroatoms. The number of nitrogens with one attached hydrogen (secondary N) is 1. The first-order valence-corrected chi connectivity index (χ1v) is 18.2. The van der Waals surface area contributed by atoms with E-state index in [9.17, 15) is 4.79 Å². The Bertz CT molecular complexity index is 2090. The van der Waals surface area contributed by atoms with Crippen molar-refractivity contribution in [1.29, 1.82) is 5.41 Å². The summed E-state index contributed by atoms with van der Waals surface area (Å²) in [5, 5.41) is 14.0. The Morgan fingerprint density at radius 2 is 1.65 bits per heavy atom. The second-order valence-electron chi connectivity index (χ2n) is 14.0. The van der Waals surface area contributed by atoms with Crippen molar-refractivity contribution < 1.29 is 9.28 Å². The minimum atomic E-state index is -0.220. The van der Waals surface area contributed by atoms with Crippen LogP contribution in [0, 0.1) is 12.3 Å². The van der Waals surface area contributed by atoms with Crippen LogP contribution in [-0.2, 0) is 6.42 Å². The summed E-state index contributed by atoms with van der Waals surface area (Å²) in [6.45, 7) is 2.82.